The van der Waals surface area contributed by atoms with Gasteiger partial charge in [-0.1, -0.05) is 51.4 Å². The lowest BCUT2D eigenvalue weighted by atomic mass is 9.64. The molecule has 0 amide bonds. The predicted molar refractivity (Wildman–Crippen MR) is 114 cm³/mol. The van der Waals surface area contributed by atoms with Crippen LogP contribution < -0.4 is 0 Å². The van der Waals surface area contributed by atoms with Crippen molar-refractivity contribution in [1.29, 1.82) is 0 Å². The first-order valence-electron chi connectivity index (χ1n) is 11.4. The molecule has 1 heterocycles. The number of ether oxygens (including phenoxy) is 1. The average Bonchev–Trinajstić information content (AvgIpc) is 3.09. The number of phosphoric ester groups is 1. The Bertz CT molecular complexity index is 740. The van der Waals surface area contributed by atoms with Gasteiger partial charge in [-0.25, -0.2) is 13.7 Å². The molecule has 3 rings (SSSR count). The van der Waals surface area contributed by atoms with Gasteiger partial charge in [0.05, 0.1) is 18.8 Å². The minimum atomic E-state index is -5.49. The van der Waals surface area contributed by atoms with Crippen LogP contribution in [0.3, 0.4) is 0 Å². The van der Waals surface area contributed by atoms with Crippen molar-refractivity contribution in [3.63, 3.8) is 0 Å². The van der Waals surface area contributed by atoms with Gasteiger partial charge >= 0.3 is 23.5 Å². The number of hydrogen-bond donors (Lipinski definition) is 4. The Hall–Kier alpha value is 0.370. The Kier molecular flexibility index (Phi) is 9.61. The molecule has 1 aliphatic heterocycles. The second-order valence-corrected chi connectivity index (χ2v) is 13.6. The van der Waals surface area contributed by atoms with Gasteiger partial charge in [-0.05, 0) is 43.4 Å². The quantitative estimate of drug-likeness (QED) is 0.312. The summed E-state index contributed by atoms with van der Waals surface area (Å²) in [4.78, 5) is 35.9. The lowest BCUT2D eigenvalue weighted by Gasteiger charge is -2.43. The van der Waals surface area contributed by atoms with E-state index in [0.717, 1.165) is 31.1 Å². The normalized spacial score (nSPS) is 34.5. The van der Waals surface area contributed by atoms with Crippen molar-refractivity contribution >= 4 is 23.5 Å². The molecule has 0 aromatic rings. The molecule has 0 aromatic carbocycles. The van der Waals surface area contributed by atoms with Gasteiger partial charge in [0.2, 0.25) is 0 Å². The molecule has 32 heavy (non-hydrogen) atoms. The third kappa shape index (κ3) is 8.86. The summed E-state index contributed by atoms with van der Waals surface area (Å²) in [5.41, 5.74) is 0. The SMILES string of the molecule is O=P(O)(O)OP(=O)(O)OP(=O)(O)OC[C@@H]1CC[C@H](C2CC(C3CCCCCCCC3)C2)O1. The molecule has 0 spiro atoms. The van der Waals surface area contributed by atoms with E-state index in [-0.39, 0.29) is 12.7 Å². The van der Waals surface area contributed by atoms with E-state index in [9.17, 15) is 23.5 Å². The van der Waals surface area contributed by atoms with Crippen LogP contribution in [0, 0.1) is 17.8 Å². The van der Waals surface area contributed by atoms with Crippen LogP contribution in [0.25, 0.3) is 0 Å². The van der Waals surface area contributed by atoms with Crippen LogP contribution in [-0.4, -0.2) is 38.4 Å². The molecule has 2 saturated carbocycles. The van der Waals surface area contributed by atoms with Crippen molar-refractivity contribution in [2.75, 3.05) is 6.61 Å². The first-order valence-corrected chi connectivity index (χ1v) is 15.9. The summed E-state index contributed by atoms with van der Waals surface area (Å²) >= 11 is 0. The van der Waals surface area contributed by atoms with Crippen molar-refractivity contribution < 1.29 is 51.2 Å². The zero-order valence-electron chi connectivity index (χ0n) is 18.1. The molecule has 0 bridgehead atoms. The van der Waals surface area contributed by atoms with Crippen molar-refractivity contribution in [2.24, 2.45) is 17.8 Å². The largest absolute Gasteiger partial charge is 0.490 e. The molecule has 2 aliphatic carbocycles. The van der Waals surface area contributed by atoms with Gasteiger partial charge in [0, 0.05) is 0 Å². The first kappa shape index (κ1) is 27.0. The Morgan fingerprint density at radius 3 is 1.88 bits per heavy atom. The maximum absolute atomic E-state index is 11.8. The molecule has 3 aliphatic rings. The smallest absolute Gasteiger partial charge is 0.372 e. The maximum atomic E-state index is 11.8. The lowest BCUT2D eigenvalue weighted by Crippen LogP contribution is -2.37. The van der Waals surface area contributed by atoms with Gasteiger partial charge < -0.3 is 24.3 Å². The number of phosphoric acid groups is 3. The van der Waals surface area contributed by atoms with E-state index < -0.39 is 29.6 Å². The topological polar surface area (TPSA) is 169 Å². The van der Waals surface area contributed by atoms with Crippen molar-refractivity contribution in [3.8, 4) is 0 Å². The zero-order valence-corrected chi connectivity index (χ0v) is 20.8. The molecular formula is C18H35O11P3. The van der Waals surface area contributed by atoms with E-state index in [0.29, 0.717) is 12.3 Å². The molecule has 11 nitrogen and oxygen atoms in total. The van der Waals surface area contributed by atoms with Gasteiger partial charge in [-0.2, -0.15) is 8.62 Å². The Morgan fingerprint density at radius 1 is 0.688 bits per heavy atom. The average molecular weight is 520 g/mol. The lowest BCUT2D eigenvalue weighted by molar-refractivity contribution is -0.0553. The summed E-state index contributed by atoms with van der Waals surface area (Å²) < 4.78 is 52.0. The molecule has 4 N–H and O–H groups in total. The van der Waals surface area contributed by atoms with Crippen LogP contribution in [0.1, 0.15) is 77.0 Å². The third-order valence-electron chi connectivity index (χ3n) is 6.78. The fourth-order valence-corrected chi connectivity index (χ4v) is 8.27. The Morgan fingerprint density at radius 2 is 1.28 bits per heavy atom. The second-order valence-electron chi connectivity index (χ2n) is 9.21. The first-order chi connectivity index (χ1) is 14.9. The zero-order chi connectivity index (χ0) is 23.4. The van der Waals surface area contributed by atoms with E-state index in [1.807, 2.05) is 0 Å². The van der Waals surface area contributed by atoms with E-state index in [1.165, 1.54) is 51.4 Å². The number of hydrogen-bond acceptors (Lipinski definition) is 7. The van der Waals surface area contributed by atoms with Gasteiger partial charge in [-0.15, -0.1) is 0 Å². The highest BCUT2D eigenvalue weighted by molar-refractivity contribution is 7.66. The fourth-order valence-electron chi connectivity index (χ4n) is 5.22. The van der Waals surface area contributed by atoms with E-state index >= 15 is 0 Å². The summed E-state index contributed by atoms with van der Waals surface area (Å²) in [5, 5.41) is 0. The van der Waals surface area contributed by atoms with Crippen LogP contribution in [-0.2, 0) is 31.6 Å². The summed E-state index contributed by atoms with van der Waals surface area (Å²) in [7, 11) is -16.0. The molecule has 1 saturated heterocycles. The third-order valence-corrected chi connectivity index (χ3v) is 10.6. The van der Waals surface area contributed by atoms with Gasteiger partial charge in [-0.3, -0.25) is 4.52 Å². The number of rotatable bonds is 9. The summed E-state index contributed by atoms with van der Waals surface area (Å²) in [5.74, 6) is 2.05. The molecule has 188 valence electrons. The van der Waals surface area contributed by atoms with E-state index in [4.69, 9.17) is 19.0 Å². The molecule has 14 heteroatoms. The van der Waals surface area contributed by atoms with Crippen molar-refractivity contribution in [2.45, 2.75) is 89.3 Å². The molecule has 4 atom stereocenters. The molecule has 3 fully saturated rings. The van der Waals surface area contributed by atoms with Crippen molar-refractivity contribution in [1.82, 2.24) is 0 Å². The minimum Gasteiger partial charge on any atom is -0.372 e. The summed E-state index contributed by atoms with van der Waals surface area (Å²) in [6, 6.07) is 0. The molecule has 0 radical (unpaired) electrons. The highest BCUT2D eigenvalue weighted by Gasteiger charge is 2.44. The second kappa shape index (κ2) is 11.4. The van der Waals surface area contributed by atoms with Crippen LogP contribution in [0.4, 0.5) is 0 Å². The van der Waals surface area contributed by atoms with Gasteiger partial charge in [0.15, 0.2) is 0 Å². The van der Waals surface area contributed by atoms with Crippen LogP contribution in [0.5, 0.6) is 0 Å². The van der Waals surface area contributed by atoms with Crippen molar-refractivity contribution in [3.05, 3.63) is 0 Å². The Labute approximate surface area is 188 Å². The van der Waals surface area contributed by atoms with Gasteiger partial charge in [0.25, 0.3) is 0 Å². The van der Waals surface area contributed by atoms with Crippen LogP contribution in [0.2, 0.25) is 0 Å². The van der Waals surface area contributed by atoms with E-state index in [2.05, 4.69) is 8.62 Å². The molecular weight excluding hydrogens is 485 g/mol. The van der Waals surface area contributed by atoms with Gasteiger partial charge in [0.1, 0.15) is 0 Å². The standard InChI is InChI=1S/C18H35O11P3/c19-30(20,21)28-32(24,25)29-31(22,23)26-13-17-9-10-18(27-17)16-11-15(12-16)14-7-5-3-1-2-4-6-8-14/h14-18H,1-13H2,(H,22,23)(H,24,25)(H2,19,20,21)/t15?,16?,17-,18+/m0/s1. The van der Waals surface area contributed by atoms with Crippen LogP contribution in [0.15, 0.2) is 0 Å². The minimum absolute atomic E-state index is 0.0668. The van der Waals surface area contributed by atoms with Crippen LogP contribution >= 0.6 is 23.5 Å². The molecule has 0 aromatic heterocycles. The summed E-state index contributed by atoms with van der Waals surface area (Å²) in [6.45, 7) is -0.348. The highest BCUT2D eigenvalue weighted by Crippen LogP contribution is 2.66. The highest BCUT2D eigenvalue weighted by atomic mass is 31.3. The fraction of sp³-hybridized carbons (Fsp3) is 1.00. The van der Waals surface area contributed by atoms with E-state index in [1.54, 1.807) is 0 Å². The molecule has 2 unspecified atom stereocenters. The predicted octanol–water partition coefficient (Wildman–Crippen LogP) is 4.65. The Balaban J connectivity index is 1.38. The summed E-state index contributed by atoms with van der Waals surface area (Å²) in [6.07, 6.45) is 14.0. The maximum Gasteiger partial charge on any atom is 0.490 e. The monoisotopic (exact) mass is 520 g/mol.